The third-order valence-electron chi connectivity index (χ3n) is 1.88. The van der Waals surface area contributed by atoms with Gasteiger partial charge in [0.15, 0.2) is 5.78 Å². The van der Waals surface area contributed by atoms with Gasteiger partial charge in [0.1, 0.15) is 5.60 Å². The molecule has 0 rings (SSSR count). The third-order valence-corrected chi connectivity index (χ3v) is 1.88. The van der Waals surface area contributed by atoms with E-state index in [0.717, 1.165) is 0 Å². The highest BCUT2D eigenvalue weighted by atomic mass is 16.6. The highest BCUT2D eigenvalue weighted by Crippen LogP contribution is 2.14. The molecule has 1 atom stereocenters. The minimum Gasteiger partial charge on any atom is -0.465 e. The molecule has 1 unspecified atom stereocenters. The summed E-state index contributed by atoms with van der Waals surface area (Å²) in [5, 5.41) is 0. The monoisotopic (exact) mass is 259 g/mol. The van der Waals surface area contributed by atoms with Crippen LogP contribution in [0.3, 0.4) is 0 Å². The topological polar surface area (TPSA) is 95.7 Å². The molecule has 6 heteroatoms. The van der Waals surface area contributed by atoms with Crippen LogP contribution in [0.2, 0.25) is 0 Å². The predicted octanol–water partition coefficient (Wildman–Crippen LogP) is 0.425. The summed E-state index contributed by atoms with van der Waals surface area (Å²) in [5.41, 5.74) is 4.47. The number of rotatable bonds is 6. The van der Waals surface area contributed by atoms with E-state index in [4.69, 9.17) is 15.2 Å². The molecule has 0 saturated carbocycles. The molecular weight excluding hydrogens is 238 g/mol. The Kier molecular flexibility index (Phi) is 6.54. The van der Waals surface area contributed by atoms with E-state index >= 15 is 0 Å². The van der Waals surface area contributed by atoms with Crippen molar-refractivity contribution >= 4 is 17.7 Å². The van der Waals surface area contributed by atoms with Crippen molar-refractivity contribution in [2.24, 2.45) is 11.7 Å². The number of ether oxygens (including phenoxy) is 2. The first-order valence-corrected chi connectivity index (χ1v) is 5.85. The molecule has 6 nitrogen and oxygen atoms in total. The highest BCUT2D eigenvalue weighted by Gasteiger charge is 2.37. The Balaban J connectivity index is 4.91. The fraction of sp³-hybridized carbons (Fsp3) is 0.750. The van der Waals surface area contributed by atoms with Crippen LogP contribution in [0.25, 0.3) is 0 Å². The summed E-state index contributed by atoms with van der Waals surface area (Å²) >= 11 is 0. The fourth-order valence-corrected chi connectivity index (χ4v) is 1.23. The zero-order chi connectivity index (χ0) is 14.3. The quantitative estimate of drug-likeness (QED) is 0.549. The number of carbonyl (C=O) groups excluding carboxylic acids is 3. The number of nitrogens with two attached hydrogens (primary N) is 1. The molecule has 0 bridgehead atoms. The first kappa shape index (κ1) is 16.6. The minimum atomic E-state index is -1.53. The lowest BCUT2D eigenvalue weighted by molar-refractivity contribution is -0.170. The number of carbonyl (C=O) groups is 3. The van der Waals surface area contributed by atoms with Gasteiger partial charge in [0.2, 0.25) is 5.92 Å². The summed E-state index contributed by atoms with van der Waals surface area (Å²) in [5.74, 6) is -3.89. The van der Waals surface area contributed by atoms with Gasteiger partial charge in [-0.15, -0.1) is 0 Å². The zero-order valence-corrected chi connectivity index (χ0v) is 11.3. The van der Waals surface area contributed by atoms with Crippen LogP contribution in [0.5, 0.6) is 0 Å². The van der Waals surface area contributed by atoms with Gasteiger partial charge in [-0.05, 0) is 34.2 Å². The van der Waals surface area contributed by atoms with Gasteiger partial charge in [-0.25, -0.2) is 0 Å². The van der Waals surface area contributed by atoms with Gasteiger partial charge in [0.25, 0.3) is 0 Å². The van der Waals surface area contributed by atoms with Crippen molar-refractivity contribution in [2.75, 3.05) is 13.2 Å². The molecule has 0 aromatic rings. The molecule has 0 heterocycles. The average Bonchev–Trinajstić information content (AvgIpc) is 2.15. The van der Waals surface area contributed by atoms with E-state index in [2.05, 4.69) is 0 Å². The molecule has 0 radical (unpaired) electrons. The van der Waals surface area contributed by atoms with Gasteiger partial charge >= 0.3 is 11.9 Å². The number of hydrogen-bond acceptors (Lipinski definition) is 6. The van der Waals surface area contributed by atoms with Crippen LogP contribution in [0.1, 0.15) is 34.1 Å². The molecule has 2 N–H and O–H groups in total. The molecule has 0 saturated heterocycles. The van der Waals surface area contributed by atoms with Crippen LogP contribution in [0.4, 0.5) is 0 Å². The van der Waals surface area contributed by atoms with Crippen molar-refractivity contribution in [3.63, 3.8) is 0 Å². The first-order chi connectivity index (χ1) is 8.22. The number of hydrogen-bond donors (Lipinski definition) is 1. The van der Waals surface area contributed by atoms with Gasteiger partial charge in [0, 0.05) is 6.42 Å². The maximum atomic E-state index is 11.8. The Hall–Kier alpha value is -1.43. The maximum absolute atomic E-state index is 11.8. The number of esters is 2. The Morgan fingerprint density at radius 1 is 1.17 bits per heavy atom. The molecule has 0 spiro atoms. The largest absolute Gasteiger partial charge is 0.465 e. The van der Waals surface area contributed by atoms with Crippen molar-refractivity contribution in [3.05, 3.63) is 0 Å². The second kappa shape index (κ2) is 7.10. The molecule has 0 fully saturated rings. The average molecular weight is 259 g/mol. The molecule has 0 aliphatic rings. The van der Waals surface area contributed by atoms with Crippen LogP contribution in [-0.2, 0) is 23.9 Å². The van der Waals surface area contributed by atoms with Crippen LogP contribution >= 0.6 is 0 Å². The van der Waals surface area contributed by atoms with Gasteiger partial charge in [-0.1, -0.05) is 0 Å². The summed E-state index contributed by atoms with van der Waals surface area (Å²) in [4.78, 5) is 35.1. The highest BCUT2D eigenvalue weighted by molar-refractivity contribution is 6.15. The second-order valence-electron chi connectivity index (χ2n) is 4.72. The summed E-state index contributed by atoms with van der Waals surface area (Å²) in [6.07, 6.45) is -0.0667. The predicted molar refractivity (Wildman–Crippen MR) is 64.6 cm³/mol. The summed E-state index contributed by atoms with van der Waals surface area (Å²) in [6.45, 7) is 6.71. The van der Waals surface area contributed by atoms with E-state index in [-0.39, 0.29) is 19.6 Å². The lowest BCUT2D eigenvalue weighted by atomic mass is 10.0. The van der Waals surface area contributed by atoms with E-state index < -0.39 is 29.2 Å². The van der Waals surface area contributed by atoms with Crippen molar-refractivity contribution in [1.82, 2.24) is 0 Å². The van der Waals surface area contributed by atoms with Crippen LogP contribution < -0.4 is 5.73 Å². The van der Waals surface area contributed by atoms with Gasteiger partial charge in [0.05, 0.1) is 6.61 Å². The maximum Gasteiger partial charge on any atom is 0.328 e. The fourth-order valence-electron chi connectivity index (χ4n) is 1.23. The molecule has 0 aliphatic carbocycles. The van der Waals surface area contributed by atoms with Crippen LogP contribution in [0, 0.1) is 5.92 Å². The van der Waals surface area contributed by atoms with Gasteiger partial charge in [-0.3, -0.25) is 14.4 Å². The van der Waals surface area contributed by atoms with Crippen LogP contribution in [0.15, 0.2) is 0 Å². The molecule has 104 valence electrons. The summed E-state index contributed by atoms with van der Waals surface area (Å²) in [7, 11) is 0. The Morgan fingerprint density at radius 2 is 1.72 bits per heavy atom. The normalized spacial score (nSPS) is 12.7. The van der Waals surface area contributed by atoms with Crippen molar-refractivity contribution in [3.8, 4) is 0 Å². The number of Topliss-reactive ketones (excluding diaryl/α,β-unsaturated/α-hetero) is 1. The Labute approximate surface area is 107 Å². The molecular formula is C12H21NO5. The SMILES string of the molecule is CCOC(=O)C(C(=O)CCN)C(=O)OC(C)(C)C. The zero-order valence-electron chi connectivity index (χ0n) is 11.3. The van der Waals surface area contributed by atoms with E-state index in [0.29, 0.717) is 0 Å². The van der Waals surface area contributed by atoms with E-state index in [1.807, 2.05) is 0 Å². The molecule has 0 aromatic heterocycles. The van der Waals surface area contributed by atoms with Crippen molar-refractivity contribution in [2.45, 2.75) is 39.7 Å². The van der Waals surface area contributed by atoms with E-state index in [1.165, 1.54) is 0 Å². The van der Waals surface area contributed by atoms with Gasteiger partial charge in [-0.2, -0.15) is 0 Å². The second-order valence-corrected chi connectivity index (χ2v) is 4.72. The lowest BCUT2D eigenvalue weighted by Crippen LogP contribution is -2.39. The van der Waals surface area contributed by atoms with Crippen LogP contribution in [-0.4, -0.2) is 36.5 Å². The van der Waals surface area contributed by atoms with Crippen molar-refractivity contribution in [1.29, 1.82) is 0 Å². The van der Waals surface area contributed by atoms with E-state index in [9.17, 15) is 14.4 Å². The standard InChI is InChI=1S/C12H21NO5/c1-5-17-10(15)9(8(14)6-7-13)11(16)18-12(2,3)4/h9H,5-7,13H2,1-4H3. The summed E-state index contributed by atoms with van der Waals surface area (Å²) in [6, 6.07) is 0. The molecule has 18 heavy (non-hydrogen) atoms. The minimum absolute atomic E-state index is 0.0667. The Morgan fingerprint density at radius 3 is 2.11 bits per heavy atom. The third kappa shape index (κ3) is 5.77. The molecule has 0 aliphatic heterocycles. The molecule has 0 aromatic carbocycles. The van der Waals surface area contributed by atoms with Gasteiger partial charge < -0.3 is 15.2 Å². The molecule has 0 amide bonds. The smallest absolute Gasteiger partial charge is 0.328 e. The lowest BCUT2D eigenvalue weighted by Gasteiger charge is -2.22. The Bertz CT molecular complexity index is 301. The first-order valence-electron chi connectivity index (χ1n) is 5.85. The van der Waals surface area contributed by atoms with Crippen molar-refractivity contribution < 1.29 is 23.9 Å². The van der Waals surface area contributed by atoms with E-state index in [1.54, 1.807) is 27.7 Å². The number of ketones is 1. The summed E-state index contributed by atoms with van der Waals surface area (Å²) < 4.78 is 9.74.